The molecule has 2 aromatic heterocycles. The van der Waals surface area contributed by atoms with Gasteiger partial charge in [-0.1, -0.05) is 51.6 Å². The number of nitrogens with zero attached hydrogens (tertiary/aromatic N) is 5. The molecule has 9 nitrogen and oxygen atoms in total. The van der Waals surface area contributed by atoms with Crippen molar-refractivity contribution in [3.05, 3.63) is 22.5 Å². The number of hydrogen-bond acceptors (Lipinski definition) is 9. The van der Waals surface area contributed by atoms with Gasteiger partial charge in [-0.15, -0.1) is 5.10 Å². The summed E-state index contributed by atoms with van der Waals surface area (Å²) in [6, 6.07) is 1.39. The second-order valence-electron chi connectivity index (χ2n) is 9.71. The first-order valence-corrected chi connectivity index (χ1v) is 12.6. The number of thiol groups is 1. The number of rotatable bonds is 7. The average molecular weight is 506 g/mol. The fourth-order valence-electron chi connectivity index (χ4n) is 4.88. The van der Waals surface area contributed by atoms with Crippen molar-refractivity contribution in [2.75, 3.05) is 18.4 Å². The first-order chi connectivity index (χ1) is 16.2. The molecule has 0 bridgehead atoms. The topological polar surface area (TPSA) is 122 Å². The summed E-state index contributed by atoms with van der Waals surface area (Å²) in [6.45, 7) is 7.08. The van der Waals surface area contributed by atoms with E-state index in [1.165, 1.54) is 0 Å². The van der Waals surface area contributed by atoms with Crippen LogP contribution in [0.25, 0.3) is 5.52 Å². The highest BCUT2D eigenvalue weighted by Gasteiger charge is 2.43. The molecule has 3 atom stereocenters. The Morgan fingerprint density at radius 2 is 2.24 bits per heavy atom. The lowest BCUT2D eigenvalue weighted by atomic mass is 9.64. The Bertz CT molecular complexity index is 1110. The van der Waals surface area contributed by atoms with E-state index in [2.05, 4.69) is 36.1 Å². The van der Waals surface area contributed by atoms with Crippen molar-refractivity contribution in [1.82, 2.24) is 18.9 Å². The third kappa shape index (κ3) is 4.47. The number of piperidine rings is 1. The van der Waals surface area contributed by atoms with E-state index in [4.69, 9.17) is 27.2 Å². The van der Waals surface area contributed by atoms with E-state index in [-0.39, 0.29) is 17.4 Å². The number of nitrogens with two attached hydrogens (primary N) is 1. The monoisotopic (exact) mass is 505 g/mol. The Balaban J connectivity index is 1.64. The van der Waals surface area contributed by atoms with Crippen molar-refractivity contribution in [3.8, 4) is 6.07 Å². The highest BCUT2D eigenvalue weighted by molar-refractivity contribution is 7.77. The standard InChI is InChI=1S/C23H32ClN7O2S/c1-4-23(7-5-8-23)20-14(10-25)18(24)16-11-27-22(29-31(16)20)28-15-6-9-30(34)12-17(15)33-21(32)19(26)13(2)3/h11,13,15,17,19,34H,4-9,12,26H2,1-3H3,(H,28,29). The molecule has 1 aliphatic heterocycles. The predicted molar refractivity (Wildman–Crippen MR) is 134 cm³/mol. The number of nitriles is 1. The minimum absolute atomic E-state index is 0.0241. The maximum Gasteiger partial charge on any atom is 0.323 e. The molecular weight excluding hydrogens is 474 g/mol. The van der Waals surface area contributed by atoms with Gasteiger partial charge >= 0.3 is 5.97 Å². The molecule has 0 amide bonds. The third-order valence-electron chi connectivity index (χ3n) is 7.34. The summed E-state index contributed by atoms with van der Waals surface area (Å²) >= 11 is 11.0. The number of fused-ring (bicyclic) bond motifs is 1. The Labute approximate surface area is 210 Å². The summed E-state index contributed by atoms with van der Waals surface area (Å²) in [6.07, 6.45) is 5.90. The lowest BCUT2D eigenvalue weighted by Gasteiger charge is -2.41. The fourth-order valence-corrected chi connectivity index (χ4v) is 5.42. The number of aromatic nitrogens is 3. The van der Waals surface area contributed by atoms with Gasteiger partial charge in [0.25, 0.3) is 0 Å². The summed E-state index contributed by atoms with van der Waals surface area (Å²) in [7, 11) is 0. The molecule has 0 aromatic carbocycles. The highest BCUT2D eigenvalue weighted by atomic mass is 35.5. The molecule has 34 heavy (non-hydrogen) atoms. The number of hydrogen-bond donors (Lipinski definition) is 3. The van der Waals surface area contributed by atoms with Crippen molar-refractivity contribution >= 4 is 41.9 Å². The average Bonchev–Trinajstić information content (AvgIpc) is 3.06. The number of ether oxygens (including phenoxy) is 1. The van der Waals surface area contributed by atoms with E-state index < -0.39 is 18.1 Å². The first-order valence-electron chi connectivity index (χ1n) is 11.8. The van der Waals surface area contributed by atoms with Gasteiger partial charge in [-0.2, -0.15) is 5.26 Å². The summed E-state index contributed by atoms with van der Waals surface area (Å²) < 4.78 is 9.38. The van der Waals surface area contributed by atoms with Crippen LogP contribution in [0.3, 0.4) is 0 Å². The van der Waals surface area contributed by atoms with Gasteiger partial charge in [-0.05, 0) is 31.6 Å². The van der Waals surface area contributed by atoms with E-state index in [1.54, 1.807) is 10.7 Å². The van der Waals surface area contributed by atoms with Crippen LogP contribution in [-0.4, -0.2) is 56.1 Å². The van der Waals surface area contributed by atoms with Crippen molar-refractivity contribution in [3.63, 3.8) is 0 Å². The van der Waals surface area contributed by atoms with Crippen LogP contribution in [0.1, 0.15) is 64.1 Å². The largest absolute Gasteiger partial charge is 0.458 e. The van der Waals surface area contributed by atoms with Crippen LogP contribution in [0, 0.1) is 17.2 Å². The van der Waals surface area contributed by atoms with Gasteiger partial charge in [0.2, 0.25) is 5.95 Å². The molecule has 2 aromatic rings. The summed E-state index contributed by atoms with van der Waals surface area (Å²) in [5.74, 6) is -0.0638. The zero-order chi connectivity index (χ0) is 24.6. The van der Waals surface area contributed by atoms with E-state index in [9.17, 15) is 10.1 Å². The molecule has 3 N–H and O–H groups in total. The summed E-state index contributed by atoms with van der Waals surface area (Å²) in [5, 5.41) is 18.3. The molecule has 11 heteroatoms. The molecular formula is C23H32ClN7O2S. The number of anilines is 1. The van der Waals surface area contributed by atoms with Crippen molar-refractivity contribution in [2.45, 2.75) is 76.5 Å². The molecule has 1 saturated heterocycles. The quantitative estimate of drug-likeness (QED) is 0.387. The predicted octanol–water partition coefficient (Wildman–Crippen LogP) is 3.31. The van der Waals surface area contributed by atoms with Crippen LogP contribution in [0.15, 0.2) is 6.20 Å². The van der Waals surface area contributed by atoms with Crippen LogP contribution in [-0.2, 0) is 14.9 Å². The Morgan fingerprint density at radius 1 is 1.50 bits per heavy atom. The van der Waals surface area contributed by atoms with Gasteiger partial charge < -0.3 is 15.8 Å². The molecule has 1 aliphatic carbocycles. The minimum Gasteiger partial charge on any atom is -0.458 e. The fraction of sp³-hybridized carbons (Fsp3) is 0.652. The maximum atomic E-state index is 12.5. The zero-order valence-electron chi connectivity index (χ0n) is 19.8. The van der Waals surface area contributed by atoms with Gasteiger partial charge in [-0.25, -0.2) is 13.8 Å². The van der Waals surface area contributed by atoms with Crippen molar-refractivity contribution in [1.29, 1.82) is 5.26 Å². The van der Waals surface area contributed by atoms with Crippen LogP contribution in [0.4, 0.5) is 5.95 Å². The SMILES string of the molecule is CCC1(c2c(C#N)c(Cl)c3cnc(NC4CCN(S)CC4OC(=O)C(N)C(C)C)nn23)CCC1. The van der Waals surface area contributed by atoms with E-state index in [0.29, 0.717) is 41.6 Å². The lowest BCUT2D eigenvalue weighted by Crippen LogP contribution is -2.51. The lowest BCUT2D eigenvalue weighted by molar-refractivity contribution is -0.153. The molecule has 184 valence electrons. The third-order valence-corrected chi connectivity index (χ3v) is 8.08. The molecule has 3 unspecified atom stereocenters. The second kappa shape index (κ2) is 9.90. The minimum atomic E-state index is -0.690. The smallest absolute Gasteiger partial charge is 0.323 e. The van der Waals surface area contributed by atoms with Gasteiger partial charge in [0.1, 0.15) is 23.7 Å². The molecule has 4 rings (SSSR count). The molecule has 0 spiro atoms. The van der Waals surface area contributed by atoms with Crippen molar-refractivity contribution < 1.29 is 9.53 Å². The van der Waals surface area contributed by atoms with Crippen LogP contribution in [0.2, 0.25) is 5.02 Å². The number of carbonyl (C=O) groups excluding carboxylic acids is 1. The van der Waals surface area contributed by atoms with Crippen molar-refractivity contribution in [2.24, 2.45) is 11.7 Å². The summed E-state index contributed by atoms with van der Waals surface area (Å²) in [5.41, 5.74) is 7.86. The number of esters is 1. The van der Waals surface area contributed by atoms with E-state index in [0.717, 1.165) is 31.4 Å². The highest BCUT2D eigenvalue weighted by Crippen LogP contribution is 2.49. The van der Waals surface area contributed by atoms with Gasteiger partial charge in [-0.3, -0.25) is 4.79 Å². The molecule has 3 heterocycles. The molecule has 2 fully saturated rings. The van der Waals surface area contributed by atoms with E-state index >= 15 is 0 Å². The molecule has 0 radical (unpaired) electrons. The molecule has 2 aliphatic rings. The number of nitrogens with one attached hydrogen (secondary N) is 1. The number of halogens is 1. The Morgan fingerprint density at radius 3 is 2.82 bits per heavy atom. The zero-order valence-corrected chi connectivity index (χ0v) is 21.4. The van der Waals surface area contributed by atoms with Crippen LogP contribution < -0.4 is 11.1 Å². The van der Waals surface area contributed by atoms with Gasteiger partial charge in [0, 0.05) is 18.5 Å². The van der Waals surface area contributed by atoms with Crippen LogP contribution >= 0.6 is 24.4 Å². The maximum absolute atomic E-state index is 12.5. The van der Waals surface area contributed by atoms with Gasteiger partial charge in [0.05, 0.1) is 28.5 Å². The second-order valence-corrected chi connectivity index (χ2v) is 10.7. The van der Waals surface area contributed by atoms with Crippen LogP contribution in [0.5, 0.6) is 0 Å². The summed E-state index contributed by atoms with van der Waals surface area (Å²) in [4.78, 5) is 17.0. The Kier molecular flexibility index (Phi) is 7.29. The van der Waals surface area contributed by atoms with E-state index in [1.807, 2.05) is 18.2 Å². The normalized spacial score (nSPS) is 23.4. The first kappa shape index (κ1) is 25.0. The number of carbonyl (C=O) groups is 1. The molecule has 1 saturated carbocycles. The Hall–Kier alpha value is -2.06. The van der Waals surface area contributed by atoms with Gasteiger partial charge in [0.15, 0.2) is 0 Å².